The van der Waals surface area contributed by atoms with Crippen LogP contribution in [0.3, 0.4) is 0 Å². The summed E-state index contributed by atoms with van der Waals surface area (Å²) < 4.78 is 2.08. The van der Waals surface area contributed by atoms with Crippen molar-refractivity contribution in [3.05, 3.63) is 41.1 Å². The Morgan fingerprint density at radius 1 is 1.39 bits per heavy atom. The van der Waals surface area contributed by atoms with Gasteiger partial charge >= 0.3 is 0 Å². The number of hydrogen-bond donors (Lipinski definition) is 2. The van der Waals surface area contributed by atoms with Gasteiger partial charge in [-0.3, -0.25) is 4.99 Å². The summed E-state index contributed by atoms with van der Waals surface area (Å²) in [6.45, 7) is 7.20. The average molecular weight is 447 g/mol. The third-order valence-electron chi connectivity index (χ3n) is 3.55. The second-order valence-electron chi connectivity index (χ2n) is 5.87. The van der Waals surface area contributed by atoms with Crippen LogP contribution in [0.4, 0.5) is 0 Å². The van der Waals surface area contributed by atoms with Gasteiger partial charge in [0.2, 0.25) is 0 Å². The minimum Gasteiger partial charge on any atom is -0.356 e. The molecular weight excluding hydrogens is 421 g/mol. The summed E-state index contributed by atoms with van der Waals surface area (Å²) in [5, 5.41) is 8.90. The van der Waals surface area contributed by atoms with Gasteiger partial charge < -0.3 is 15.2 Å². The molecule has 0 aliphatic carbocycles. The topological polar surface area (TPSA) is 54.2 Å². The van der Waals surface area contributed by atoms with E-state index in [1.165, 1.54) is 4.88 Å². The van der Waals surface area contributed by atoms with Crippen LogP contribution >= 0.6 is 35.3 Å². The molecule has 0 unspecified atom stereocenters. The van der Waals surface area contributed by atoms with Crippen molar-refractivity contribution in [2.24, 2.45) is 4.99 Å². The van der Waals surface area contributed by atoms with Crippen molar-refractivity contribution < 1.29 is 0 Å². The van der Waals surface area contributed by atoms with E-state index in [-0.39, 0.29) is 29.4 Å². The molecule has 2 rings (SSSR count). The van der Waals surface area contributed by atoms with Crippen LogP contribution in [-0.4, -0.2) is 35.6 Å². The summed E-state index contributed by atoms with van der Waals surface area (Å²) in [7, 11) is 1.81. The van der Waals surface area contributed by atoms with Gasteiger partial charge in [-0.05, 0) is 17.9 Å². The highest BCUT2D eigenvalue weighted by Gasteiger charge is 2.21. The van der Waals surface area contributed by atoms with Crippen LogP contribution in [0.25, 0.3) is 0 Å². The lowest BCUT2D eigenvalue weighted by Gasteiger charge is -2.25. The number of rotatable bonds is 7. The summed E-state index contributed by atoms with van der Waals surface area (Å²) in [6.07, 6.45) is 6.67. The highest BCUT2D eigenvalue weighted by Crippen LogP contribution is 2.26. The molecule has 0 radical (unpaired) electrons. The van der Waals surface area contributed by atoms with Crippen molar-refractivity contribution in [1.82, 2.24) is 20.2 Å². The van der Waals surface area contributed by atoms with E-state index in [9.17, 15) is 0 Å². The molecule has 7 heteroatoms. The summed E-state index contributed by atoms with van der Waals surface area (Å²) in [5.74, 6) is 0.857. The molecular formula is C16H26IN5S. The van der Waals surface area contributed by atoms with Crippen molar-refractivity contribution in [3.8, 4) is 0 Å². The molecule has 2 aromatic rings. The molecule has 0 aromatic carbocycles. The number of guanidine groups is 1. The molecule has 0 fully saturated rings. The molecule has 0 bridgehead atoms. The molecule has 0 saturated heterocycles. The largest absolute Gasteiger partial charge is 0.356 e. The highest BCUT2D eigenvalue weighted by atomic mass is 127. The Morgan fingerprint density at radius 2 is 2.22 bits per heavy atom. The van der Waals surface area contributed by atoms with E-state index in [0.717, 1.165) is 32.0 Å². The van der Waals surface area contributed by atoms with Crippen LogP contribution in [0, 0.1) is 0 Å². The number of aromatic nitrogens is 2. The number of thiophene rings is 1. The van der Waals surface area contributed by atoms with E-state index < -0.39 is 0 Å². The van der Waals surface area contributed by atoms with Crippen molar-refractivity contribution in [1.29, 1.82) is 0 Å². The van der Waals surface area contributed by atoms with Gasteiger partial charge in [-0.2, -0.15) is 0 Å². The maximum absolute atomic E-state index is 4.29. The Hall–Kier alpha value is -1.09. The molecule has 0 saturated carbocycles. The molecule has 0 aliphatic heterocycles. The summed E-state index contributed by atoms with van der Waals surface area (Å²) in [6, 6.07) is 4.29. The maximum Gasteiger partial charge on any atom is 0.191 e. The Bertz CT molecular complexity index is 563. The third kappa shape index (κ3) is 6.50. The minimum absolute atomic E-state index is 0. The Kier molecular flexibility index (Phi) is 8.60. The fourth-order valence-electron chi connectivity index (χ4n) is 2.16. The summed E-state index contributed by atoms with van der Waals surface area (Å²) in [5.41, 5.74) is 0.0998. The fraction of sp³-hybridized carbons (Fsp3) is 0.500. The lowest BCUT2D eigenvalue weighted by Crippen LogP contribution is -2.43. The molecule has 0 spiro atoms. The molecule has 2 aromatic heterocycles. The maximum atomic E-state index is 4.29. The van der Waals surface area contributed by atoms with Gasteiger partial charge in [0, 0.05) is 49.4 Å². The van der Waals surface area contributed by atoms with Crippen LogP contribution < -0.4 is 10.6 Å². The lowest BCUT2D eigenvalue weighted by atomic mass is 9.91. The zero-order valence-electron chi connectivity index (χ0n) is 14.0. The minimum atomic E-state index is 0. The van der Waals surface area contributed by atoms with Gasteiger partial charge in [0.25, 0.3) is 0 Å². The van der Waals surface area contributed by atoms with E-state index in [1.54, 1.807) is 17.5 Å². The first-order valence-electron chi connectivity index (χ1n) is 7.56. The Morgan fingerprint density at radius 3 is 2.83 bits per heavy atom. The van der Waals surface area contributed by atoms with Crippen molar-refractivity contribution in [2.45, 2.75) is 32.2 Å². The predicted octanol–water partition coefficient (Wildman–Crippen LogP) is 3.10. The van der Waals surface area contributed by atoms with Crippen LogP contribution in [0.15, 0.2) is 41.2 Å². The first kappa shape index (κ1) is 20.0. The number of nitrogens with one attached hydrogen (secondary N) is 2. The second-order valence-corrected chi connectivity index (χ2v) is 6.82. The highest BCUT2D eigenvalue weighted by molar-refractivity contribution is 14.0. The predicted molar refractivity (Wildman–Crippen MR) is 109 cm³/mol. The molecule has 128 valence electrons. The zero-order chi connectivity index (χ0) is 15.8. The van der Waals surface area contributed by atoms with Crippen LogP contribution in [0.1, 0.15) is 25.1 Å². The van der Waals surface area contributed by atoms with E-state index in [4.69, 9.17) is 0 Å². The van der Waals surface area contributed by atoms with Crippen molar-refractivity contribution >= 4 is 41.3 Å². The smallest absolute Gasteiger partial charge is 0.191 e. The number of aryl methyl sites for hydroxylation is 1. The zero-order valence-corrected chi connectivity index (χ0v) is 17.1. The summed E-state index contributed by atoms with van der Waals surface area (Å²) in [4.78, 5) is 9.71. The fourth-order valence-corrected chi connectivity index (χ4v) is 3.02. The van der Waals surface area contributed by atoms with Gasteiger partial charge in [0.05, 0.1) is 6.33 Å². The molecule has 23 heavy (non-hydrogen) atoms. The van der Waals surface area contributed by atoms with Gasteiger partial charge in [-0.15, -0.1) is 35.3 Å². The Balaban J connectivity index is 0.00000264. The number of nitrogens with zero attached hydrogens (tertiary/aromatic N) is 3. The monoisotopic (exact) mass is 447 g/mol. The van der Waals surface area contributed by atoms with Crippen molar-refractivity contribution in [3.63, 3.8) is 0 Å². The number of hydrogen-bond acceptors (Lipinski definition) is 3. The lowest BCUT2D eigenvalue weighted by molar-refractivity contribution is 0.517. The molecule has 2 N–H and O–H groups in total. The normalized spacial score (nSPS) is 11.9. The molecule has 5 nitrogen and oxygen atoms in total. The van der Waals surface area contributed by atoms with E-state index >= 15 is 0 Å². The SMILES string of the molecule is CN=C(NCCCn1ccnc1)NCC(C)(C)c1cccs1.I. The Labute approximate surface area is 159 Å². The number of imidazole rings is 1. The van der Waals surface area contributed by atoms with Gasteiger partial charge in [0.1, 0.15) is 0 Å². The van der Waals surface area contributed by atoms with Gasteiger partial charge in [-0.1, -0.05) is 19.9 Å². The standard InChI is InChI=1S/C16H25N5S.HI/c1-16(2,14-6-4-11-22-14)12-20-15(17-3)19-7-5-9-21-10-8-18-13-21;/h4,6,8,10-11,13H,5,7,9,12H2,1-3H3,(H2,17,19,20);1H. The molecule has 0 aliphatic rings. The van der Waals surface area contributed by atoms with E-state index in [0.29, 0.717) is 0 Å². The first-order chi connectivity index (χ1) is 10.6. The molecule has 2 heterocycles. The van der Waals surface area contributed by atoms with Crippen molar-refractivity contribution in [2.75, 3.05) is 20.1 Å². The number of aliphatic imine (C=N–C) groups is 1. The summed E-state index contributed by atoms with van der Waals surface area (Å²) >= 11 is 1.80. The second kappa shape index (κ2) is 9.92. The quantitative estimate of drug-likeness (QED) is 0.297. The average Bonchev–Trinajstić information content (AvgIpc) is 3.20. The van der Waals surface area contributed by atoms with Gasteiger partial charge in [0.15, 0.2) is 5.96 Å². The van der Waals surface area contributed by atoms with Gasteiger partial charge in [-0.25, -0.2) is 4.98 Å². The van der Waals surface area contributed by atoms with E-state index in [1.807, 2.05) is 19.6 Å². The molecule has 0 atom stereocenters. The molecule has 0 amide bonds. The number of halogens is 1. The van der Waals surface area contributed by atoms with E-state index in [2.05, 4.69) is 56.5 Å². The van der Waals surface area contributed by atoms with Crippen LogP contribution in [0.2, 0.25) is 0 Å². The van der Waals surface area contributed by atoms with Crippen LogP contribution in [-0.2, 0) is 12.0 Å². The first-order valence-corrected chi connectivity index (χ1v) is 8.44. The van der Waals surface area contributed by atoms with Crippen LogP contribution in [0.5, 0.6) is 0 Å². The third-order valence-corrected chi connectivity index (χ3v) is 4.79.